The number of hydrogen-bond donors (Lipinski definition) is 1. The number of nitrogens with zero attached hydrogens (tertiary/aromatic N) is 2. The highest BCUT2D eigenvalue weighted by atomic mass is 15.1. The number of rotatable bonds is 6. The summed E-state index contributed by atoms with van der Waals surface area (Å²) in [5.74, 6) is 0. The number of anilines is 1. The van der Waals surface area contributed by atoms with E-state index in [0.717, 1.165) is 31.7 Å². The molecule has 3 heteroatoms. The van der Waals surface area contributed by atoms with Crippen LogP contribution in [0.5, 0.6) is 0 Å². The lowest BCUT2D eigenvalue weighted by molar-refractivity contribution is 0.245. The van der Waals surface area contributed by atoms with Crippen LogP contribution in [0.15, 0.2) is 24.3 Å². The molecule has 0 saturated heterocycles. The molecule has 0 radical (unpaired) electrons. The Balaban J connectivity index is 2.52. The number of nitriles is 1. The Morgan fingerprint density at radius 2 is 1.89 bits per heavy atom. The fourth-order valence-corrected chi connectivity index (χ4v) is 1.72. The largest absolute Gasteiger partial charge is 0.399 e. The van der Waals surface area contributed by atoms with Crippen LogP contribution >= 0.6 is 0 Å². The summed E-state index contributed by atoms with van der Waals surface area (Å²) >= 11 is 0. The van der Waals surface area contributed by atoms with Crippen molar-refractivity contribution in [3.63, 3.8) is 0 Å². The summed E-state index contributed by atoms with van der Waals surface area (Å²) in [7, 11) is 0. The summed E-state index contributed by atoms with van der Waals surface area (Å²) in [5, 5.41) is 9.02. The van der Waals surface area contributed by atoms with E-state index in [1.807, 2.05) is 26.0 Å². The maximum atomic E-state index is 9.02. The molecule has 0 heterocycles. The van der Waals surface area contributed by atoms with Crippen molar-refractivity contribution in [3.8, 4) is 6.07 Å². The molecular formula is C15H23N3. The molecule has 0 spiro atoms. The van der Waals surface area contributed by atoms with Crippen molar-refractivity contribution in [2.75, 3.05) is 18.8 Å². The second kappa shape index (κ2) is 6.42. The Bertz CT molecular complexity index is 401. The minimum absolute atomic E-state index is 0.242. The van der Waals surface area contributed by atoms with Crippen LogP contribution in [-0.4, -0.2) is 18.0 Å². The molecule has 2 N–H and O–H groups in total. The molecule has 0 saturated carbocycles. The average molecular weight is 245 g/mol. The van der Waals surface area contributed by atoms with E-state index in [-0.39, 0.29) is 5.41 Å². The Hall–Kier alpha value is -1.53. The molecule has 1 rings (SSSR count). The first-order valence-corrected chi connectivity index (χ1v) is 6.45. The van der Waals surface area contributed by atoms with Gasteiger partial charge in [-0.25, -0.2) is 0 Å². The van der Waals surface area contributed by atoms with Crippen LogP contribution in [0.4, 0.5) is 5.69 Å². The Morgan fingerprint density at radius 3 is 2.39 bits per heavy atom. The standard InChI is InChI=1S/C15H23N3/c1-4-18(10-9-15(2,3)12-16)11-13-5-7-14(17)8-6-13/h5-8H,4,9-11,17H2,1-3H3. The minimum Gasteiger partial charge on any atom is -0.399 e. The van der Waals surface area contributed by atoms with Gasteiger partial charge in [-0.15, -0.1) is 0 Å². The monoisotopic (exact) mass is 245 g/mol. The summed E-state index contributed by atoms with van der Waals surface area (Å²) in [4.78, 5) is 2.35. The molecular weight excluding hydrogens is 222 g/mol. The molecule has 1 aromatic carbocycles. The molecule has 0 atom stereocenters. The van der Waals surface area contributed by atoms with Crippen LogP contribution in [0.3, 0.4) is 0 Å². The quantitative estimate of drug-likeness (QED) is 0.784. The zero-order valence-electron chi connectivity index (χ0n) is 11.6. The zero-order chi connectivity index (χ0) is 13.6. The van der Waals surface area contributed by atoms with Gasteiger partial charge in [0.05, 0.1) is 11.5 Å². The van der Waals surface area contributed by atoms with Crippen molar-refractivity contribution >= 4 is 5.69 Å². The van der Waals surface area contributed by atoms with Crippen molar-refractivity contribution in [1.82, 2.24) is 4.90 Å². The third-order valence-electron chi connectivity index (χ3n) is 3.19. The third-order valence-corrected chi connectivity index (χ3v) is 3.19. The molecule has 18 heavy (non-hydrogen) atoms. The highest BCUT2D eigenvalue weighted by Gasteiger charge is 2.17. The predicted molar refractivity (Wildman–Crippen MR) is 75.8 cm³/mol. The first kappa shape index (κ1) is 14.5. The SMILES string of the molecule is CCN(CCC(C)(C)C#N)Cc1ccc(N)cc1. The second-order valence-electron chi connectivity index (χ2n) is 5.36. The van der Waals surface area contributed by atoms with Gasteiger partial charge < -0.3 is 5.73 Å². The van der Waals surface area contributed by atoms with Crippen LogP contribution in [0.1, 0.15) is 32.8 Å². The number of hydrogen-bond acceptors (Lipinski definition) is 3. The van der Waals surface area contributed by atoms with E-state index in [2.05, 4.69) is 30.0 Å². The smallest absolute Gasteiger partial charge is 0.0684 e. The first-order valence-electron chi connectivity index (χ1n) is 6.45. The molecule has 0 bridgehead atoms. The molecule has 0 fully saturated rings. The fraction of sp³-hybridized carbons (Fsp3) is 0.533. The normalized spacial score (nSPS) is 11.5. The summed E-state index contributed by atoms with van der Waals surface area (Å²) in [5.41, 5.74) is 7.50. The van der Waals surface area contributed by atoms with Crippen molar-refractivity contribution in [3.05, 3.63) is 29.8 Å². The fourth-order valence-electron chi connectivity index (χ4n) is 1.72. The number of nitrogens with two attached hydrogens (primary N) is 1. The van der Waals surface area contributed by atoms with Gasteiger partial charge in [-0.2, -0.15) is 5.26 Å². The van der Waals surface area contributed by atoms with Crippen LogP contribution in [0.2, 0.25) is 0 Å². The zero-order valence-corrected chi connectivity index (χ0v) is 11.6. The van der Waals surface area contributed by atoms with Crippen LogP contribution in [-0.2, 0) is 6.54 Å². The Morgan fingerprint density at radius 1 is 1.28 bits per heavy atom. The molecule has 0 aromatic heterocycles. The van der Waals surface area contributed by atoms with Gasteiger partial charge in [0.25, 0.3) is 0 Å². The lowest BCUT2D eigenvalue weighted by Gasteiger charge is -2.24. The van der Waals surface area contributed by atoms with Crippen molar-refractivity contribution in [2.45, 2.75) is 33.7 Å². The summed E-state index contributed by atoms with van der Waals surface area (Å²) in [6.07, 6.45) is 0.895. The van der Waals surface area contributed by atoms with Gasteiger partial charge in [-0.3, -0.25) is 4.90 Å². The summed E-state index contributed by atoms with van der Waals surface area (Å²) in [6, 6.07) is 10.3. The molecule has 0 aliphatic carbocycles. The third kappa shape index (κ3) is 4.77. The van der Waals surface area contributed by atoms with E-state index >= 15 is 0 Å². The highest BCUT2D eigenvalue weighted by molar-refractivity contribution is 5.39. The van der Waals surface area contributed by atoms with Gasteiger partial charge in [0, 0.05) is 12.2 Å². The molecule has 0 amide bonds. The van der Waals surface area contributed by atoms with E-state index in [1.54, 1.807) is 0 Å². The van der Waals surface area contributed by atoms with E-state index < -0.39 is 0 Å². The second-order valence-corrected chi connectivity index (χ2v) is 5.36. The van der Waals surface area contributed by atoms with Gasteiger partial charge in [0.2, 0.25) is 0 Å². The maximum Gasteiger partial charge on any atom is 0.0684 e. The van der Waals surface area contributed by atoms with Crippen molar-refractivity contribution in [2.24, 2.45) is 5.41 Å². The Labute approximate surface area is 110 Å². The van der Waals surface area contributed by atoms with Gasteiger partial charge in [0.1, 0.15) is 0 Å². The molecule has 0 unspecified atom stereocenters. The average Bonchev–Trinajstić information content (AvgIpc) is 2.37. The highest BCUT2D eigenvalue weighted by Crippen LogP contribution is 2.19. The van der Waals surface area contributed by atoms with Crippen molar-refractivity contribution < 1.29 is 0 Å². The molecule has 98 valence electrons. The topological polar surface area (TPSA) is 53.0 Å². The molecule has 3 nitrogen and oxygen atoms in total. The number of benzene rings is 1. The van der Waals surface area contributed by atoms with E-state index in [1.165, 1.54) is 5.56 Å². The van der Waals surface area contributed by atoms with Crippen LogP contribution in [0.25, 0.3) is 0 Å². The molecule has 1 aromatic rings. The van der Waals surface area contributed by atoms with Gasteiger partial charge in [-0.05, 0) is 51.1 Å². The number of nitrogen functional groups attached to an aromatic ring is 1. The molecule has 0 aliphatic rings. The lowest BCUT2D eigenvalue weighted by atomic mass is 9.91. The predicted octanol–water partition coefficient (Wildman–Crippen LogP) is 3.03. The van der Waals surface area contributed by atoms with Gasteiger partial charge in [-0.1, -0.05) is 19.1 Å². The van der Waals surface area contributed by atoms with Crippen LogP contribution in [0, 0.1) is 16.7 Å². The minimum atomic E-state index is -0.242. The van der Waals surface area contributed by atoms with Gasteiger partial charge >= 0.3 is 0 Å². The maximum absolute atomic E-state index is 9.02. The van der Waals surface area contributed by atoms with Gasteiger partial charge in [0.15, 0.2) is 0 Å². The van der Waals surface area contributed by atoms with E-state index in [0.29, 0.717) is 0 Å². The first-order chi connectivity index (χ1) is 8.46. The summed E-state index contributed by atoms with van der Waals surface area (Å²) in [6.45, 7) is 8.98. The Kier molecular flexibility index (Phi) is 5.18. The lowest BCUT2D eigenvalue weighted by Crippen LogP contribution is -2.27. The molecule has 0 aliphatic heterocycles. The van der Waals surface area contributed by atoms with Crippen LogP contribution < -0.4 is 5.73 Å². The van der Waals surface area contributed by atoms with E-state index in [4.69, 9.17) is 11.0 Å². The summed E-state index contributed by atoms with van der Waals surface area (Å²) < 4.78 is 0. The van der Waals surface area contributed by atoms with Crippen molar-refractivity contribution in [1.29, 1.82) is 5.26 Å². The van der Waals surface area contributed by atoms with E-state index in [9.17, 15) is 0 Å².